The van der Waals surface area contributed by atoms with Crippen LogP contribution >= 0.6 is 11.8 Å². The normalized spacial score (nSPS) is 12.3. The number of hydrogen-bond donors (Lipinski definition) is 1. The molecule has 0 saturated carbocycles. The number of aliphatic carboxylic acids is 1. The van der Waals surface area contributed by atoms with Crippen LogP contribution in [0, 0.1) is 0 Å². The highest BCUT2D eigenvalue weighted by molar-refractivity contribution is 7.98. The summed E-state index contributed by atoms with van der Waals surface area (Å²) < 4.78 is 0. The molecule has 1 aromatic rings. The molecule has 0 radical (unpaired) electrons. The summed E-state index contributed by atoms with van der Waals surface area (Å²) in [5.74, 6) is -0.0829. The molecular weight excluding hydrogens is 286 g/mol. The summed E-state index contributed by atoms with van der Waals surface area (Å²) in [6.07, 6.45) is 5.53. The van der Waals surface area contributed by atoms with Crippen molar-refractivity contribution >= 4 is 29.7 Å². The molecule has 21 heavy (non-hydrogen) atoms. The maximum absolute atomic E-state index is 12.4. The predicted octanol–water partition coefficient (Wildman–Crippen LogP) is 3.00. The summed E-state index contributed by atoms with van der Waals surface area (Å²) in [4.78, 5) is 24.6. The van der Waals surface area contributed by atoms with Gasteiger partial charge in [0, 0.05) is 30.5 Å². The Morgan fingerprint density at radius 2 is 1.95 bits per heavy atom. The molecule has 1 N–H and O–H groups in total. The highest BCUT2D eigenvalue weighted by Gasteiger charge is 2.19. The molecule has 1 rings (SSSR count). The van der Waals surface area contributed by atoms with Crippen LogP contribution in [0.4, 0.5) is 0 Å². The molecular formula is C16H21NO3S. The summed E-state index contributed by atoms with van der Waals surface area (Å²) in [5.41, 5.74) is 1.37. The van der Waals surface area contributed by atoms with Crippen molar-refractivity contribution in [1.82, 2.24) is 4.90 Å². The number of carboxylic acids is 1. The first kappa shape index (κ1) is 17.3. The summed E-state index contributed by atoms with van der Waals surface area (Å²) in [6.45, 7) is 2.07. The lowest BCUT2D eigenvalue weighted by molar-refractivity contribution is -0.131. The van der Waals surface area contributed by atoms with E-state index in [2.05, 4.69) is 6.92 Å². The fourth-order valence-corrected chi connectivity index (χ4v) is 2.81. The molecule has 0 saturated heterocycles. The predicted molar refractivity (Wildman–Crippen MR) is 87.7 cm³/mol. The van der Waals surface area contributed by atoms with Gasteiger partial charge in [0.15, 0.2) is 0 Å². The van der Waals surface area contributed by atoms with Gasteiger partial charge in [-0.2, -0.15) is 11.8 Å². The van der Waals surface area contributed by atoms with Crippen molar-refractivity contribution in [2.45, 2.75) is 19.4 Å². The quantitative estimate of drug-likeness (QED) is 0.787. The molecule has 0 spiro atoms. The van der Waals surface area contributed by atoms with Crippen molar-refractivity contribution in [3.63, 3.8) is 0 Å². The second kappa shape index (κ2) is 8.52. The van der Waals surface area contributed by atoms with Gasteiger partial charge in [0.1, 0.15) is 0 Å². The van der Waals surface area contributed by atoms with Crippen LogP contribution in [0.15, 0.2) is 30.3 Å². The molecule has 1 unspecified atom stereocenters. The topological polar surface area (TPSA) is 57.6 Å². The third-order valence-electron chi connectivity index (χ3n) is 3.27. The minimum absolute atomic E-state index is 0.00957. The maximum Gasteiger partial charge on any atom is 0.328 e. The second-order valence-corrected chi connectivity index (χ2v) is 5.64. The van der Waals surface area contributed by atoms with Crippen molar-refractivity contribution in [2.24, 2.45) is 0 Å². The summed E-state index contributed by atoms with van der Waals surface area (Å²) >= 11 is 1.73. The average molecular weight is 307 g/mol. The molecule has 0 bridgehead atoms. The van der Waals surface area contributed by atoms with E-state index in [1.165, 1.54) is 6.08 Å². The Labute approximate surface area is 129 Å². The summed E-state index contributed by atoms with van der Waals surface area (Å²) in [7, 11) is 1.82. The van der Waals surface area contributed by atoms with Crippen LogP contribution in [0.25, 0.3) is 6.08 Å². The smallest absolute Gasteiger partial charge is 0.328 e. The van der Waals surface area contributed by atoms with Crippen LogP contribution in [0.5, 0.6) is 0 Å². The van der Waals surface area contributed by atoms with Gasteiger partial charge in [0.25, 0.3) is 5.91 Å². The van der Waals surface area contributed by atoms with Crippen LogP contribution in [0.3, 0.4) is 0 Å². The first-order valence-electron chi connectivity index (χ1n) is 6.76. The van der Waals surface area contributed by atoms with Gasteiger partial charge in [-0.3, -0.25) is 4.79 Å². The highest BCUT2D eigenvalue weighted by atomic mass is 32.2. The number of amides is 1. The van der Waals surface area contributed by atoms with Gasteiger partial charge in [-0.25, -0.2) is 4.79 Å². The molecule has 0 aromatic heterocycles. The molecule has 5 heteroatoms. The number of carboxylic acid groups (broad SMARTS) is 1. The zero-order chi connectivity index (χ0) is 15.8. The van der Waals surface area contributed by atoms with E-state index in [0.717, 1.165) is 23.8 Å². The first-order valence-corrected chi connectivity index (χ1v) is 8.16. The van der Waals surface area contributed by atoms with Gasteiger partial charge in [-0.15, -0.1) is 0 Å². The number of rotatable bonds is 7. The standard InChI is InChI=1S/C16H21NO3S/c1-4-14(11-21-3)17(2)16(20)13-8-5-12(6-9-13)7-10-15(18)19/h5-10,14H,4,11H2,1-3H3,(H,18,19)/b10-7+. The molecule has 0 aliphatic heterocycles. The van der Waals surface area contributed by atoms with Crippen molar-refractivity contribution in [1.29, 1.82) is 0 Å². The van der Waals surface area contributed by atoms with Crippen molar-refractivity contribution in [3.05, 3.63) is 41.5 Å². The molecule has 1 aromatic carbocycles. The number of carbonyl (C=O) groups excluding carboxylic acids is 1. The van der Waals surface area contributed by atoms with E-state index < -0.39 is 5.97 Å². The third-order valence-corrected chi connectivity index (χ3v) is 3.99. The minimum atomic E-state index is -0.988. The van der Waals surface area contributed by atoms with Crippen LogP contribution < -0.4 is 0 Å². The Kier molecular flexibility index (Phi) is 7.02. The van der Waals surface area contributed by atoms with Gasteiger partial charge in [-0.1, -0.05) is 19.1 Å². The molecule has 0 aliphatic rings. The Hall–Kier alpha value is -1.75. The largest absolute Gasteiger partial charge is 0.478 e. The van der Waals surface area contributed by atoms with Crippen LogP contribution in [0.1, 0.15) is 29.3 Å². The lowest BCUT2D eigenvalue weighted by Crippen LogP contribution is -2.38. The van der Waals surface area contributed by atoms with Gasteiger partial charge in [0.05, 0.1) is 0 Å². The van der Waals surface area contributed by atoms with E-state index >= 15 is 0 Å². The number of hydrogen-bond acceptors (Lipinski definition) is 3. The zero-order valence-electron chi connectivity index (χ0n) is 12.6. The van der Waals surface area contributed by atoms with Crippen molar-refractivity contribution < 1.29 is 14.7 Å². The van der Waals surface area contributed by atoms with E-state index in [4.69, 9.17) is 5.11 Å². The van der Waals surface area contributed by atoms with Crippen LogP contribution in [-0.4, -0.2) is 47.0 Å². The Bertz CT molecular complexity index is 511. The number of thioether (sulfide) groups is 1. The molecule has 0 aliphatic carbocycles. The van der Waals surface area contributed by atoms with Crippen LogP contribution in [0.2, 0.25) is 0 Å². The Morgan fingerprint density at radius 1 is 1.33 bits per heavy atom. The molecule has 0 fully saturated rings. The number of nitrogens with zero attached hydrogens (tertiary/aromatic N) is 1. The van der Waals surface area contributed by atoms with Crippen molar-refractivity contribution in [2.75, 3.05) is 19.1 Å². The molecule has 4 nitrogen and oxygen atoms in total. The maximum atomic E-state index is 12.4. The minimum Gasteiger partial charge on any atom is -0.478 e. The Balaban J connectivity index is 2.81. The lowest BCUT2D eigenvalue weighted by Gasteiger charge is -2.26. The summed E-state index contributed by atoms with van der Waals surface area (Å²) in [5, 5.41) is 8.58. The van der Waals surface area contributed by atoms with Gasteiger partial charge < -0.3 is 10.0 Å². The van der Waals surface area contributed by atoms with E-state index in [-0.39, 0.29) is 11.9 Å². The third kappa shape index (κ3) is 5.27. The second-order valence-electron chi connectivity index (χ2n) is 4.73. The average Bonchev–Trinajstić information content (AvgIpc) is 2.49. The van der Waals surface area contributed by atoms with Crippen LogP contribution in [-0.2, 0) is 4.79 Å². The molecule has 0 heterocycles. The lowest BCUT2D eigenvalue weighted by atomic mass is 10.1. The van der Waals surface area contributed by atoms with Gasteiger partial charge in [-0.05, 0) is 36.4 Å². The summed E-state index contributed by atoms with van der Waals surface area (Å²) in [6, 6.07) is 7.17. The number of carbonyl (C=O) groups is 2. The van der Waals surface area contributed by atoms with E-state index in [1.807, 2.05) is 13.3 Å². The van der Waals surface area contributed by atoms with E-state index in [9.17, 15) is 9.59 Å². The molecule has 1 amide bonds. The number of benzene rings is 1. The first-order chi connectivity index (χ1) is 9.99. The Morgan fingerprint density at radius 3 is 2.43 bits per heavy atom. The van der Waals surface area contributed by atoms with Crippen molar-refractivity contribution in [3.8, 4) is 0 Å². The fourth-order valence-electron chi connectivity index (χ4n) is 1.97. The van der Waals surface area contributed by atoms with E-state index in [0.29, 0.717) is 5.56 Å². The zero-order valence-corrected chi connectivity index (χ0v) is 13.4. The molecule has 114 valence electrons. The van der Waals surface area contributed by atoms with Gasteiger partial charge >= 0.3 is 5.97 Å². The SMILES string of the molecule is CCC(CSC)N(C)C(=O)c1ccc(/C=C/C(=O)O)cc1. The van der Waals surface area contributed by atoms with Gasteiger partial charge in [0.2, 0.25) is 0 Å². The highest BCUT2D eigenvalue weighted by Crippen LogP contribution is 2.14. The van der Waals surface area contributed by atoms with E-state index in [1.54, 1.807) is 40.9 Å². The molecule has 1 atom stereocenters. The fraction of sp³-hybridized carbons (Fsp3) is 0.375. The monoisotopic (exact) mass is 307 g/mol.